The van der Waals surface area contributed by atoms with Gasteiger partial charge < -0.3 is 19.6 Å². The fraction of sp³-hybridized carbons (Fsp3) is 0.484. The summed E-state index contributed by atoms with van der Waals surface area (Å²) in [5, 5.41) is 13.8. The molecule has 1 N–H and O–H groups in total. The lowest BCUT2D eigenvalue weighted by Crippen LogP contribution is -3.05. The van der Waals surface area contributed by atoms with Crippen LogP contribution < -0.4 is 14.7 Å². The number of hydrogen-bond donors (Lipinski definition) is 1. The zero-order chi connectivity index (χ0) is 27.3. The van der Waals surface area contributed by atoms with E-state index in [0.717, 1.165) is 48.2 Å². The van der Waals surface area contributed by atoms with Gasteiger partial charge in [0, 0.05) is 18.5 Å². The van der Waals surface area contributed by atoms with E-state index >= 15 is 0 Å². The number of benzene rings is 2. The lowest BCUT2D eigenvalue weighted by Gasteiger charge is -2.28. The first-order chi connectivity index (χ1) is 17.5. The highest BCUT2D eigenvalue weighted by Gasteiger charge is 2.44. The minimum Gasteiger partial charge on any atom is -0.872 e. The summed E-state index contributed by atoms with van der Waals surface area (Å²) >= 11 is 0. The Bertz CT molecular complexity index is 1140. The monoisotopic (exact) mass is 506 g/mol. The van der Waals surface area contributed by atoms with Gasteiger partial charge in [0.15, 0.2) is 0 Å². The van der Waals surface area contributed by atoms with Crippen LogP contribution in [0.1, 0.15) is 75.3 Å². The first-order valence-electron chi connectivity index (χ1n) is 13.4. The molecule has 1 aliphatic rings. The second-order valence-electron chi connectivity index (χ2n) is 11.3. The van der Waals surface area contributed by atoms with Gasteiger partial charge in [-0.3, -0.25) is 9.59 Å². The van der Waals surface area contributed by atoms with Crippen molar-refractivity contribution in [2.45, 2.75) is 65.3 Å². The average molecular weight is 507 g/mol. The van der Waals surface area contributed by atoms with E-state index in [2.05, 4.69) is 41.8 Å². The van der Waals surface area contributed by atoms with Crippen LogP contribution in [0.15, 0.2) is 48.0 Å². The summed E-state index contributed by atoms with van der Waals surface area (Å²) in [5.41, 5.74) is 3.16. The average Bonchev–Trinajstić information content (AvgIpc) is 3.09. The molecule has 0 spiro atoms. The van der Waals surface area contributed by atoms with E-state index in [4.69, 9.17) is 4.74 Å². The molecule has 6 nitrogen and oxygen atoms in total. The van der Waals surface area contributed by atoms with Gasteiger partial charge in [-0.05, 0) is 53.1 Å². The molecule has 6 heteroatoms. The van der Waals surface area contributed by atoms with Gasteiger partial charge in [-0.15, -0.1) is 0 Å². The van der Waals surface area contributed by atoms with Crippen LogP contribution in [-0.4, -0.2) is 50.4 Å². The van der Waals surface area contributed by atoms with Crippen molar-refractivity contribution in [3.05, 3.63) is 70.3 Å². The molecule has 37 heavy (non-hydrogen) atoms. The third-order valence-electron chi connectivity index (χ3n) is 6.89. The van der Waals surface area contributed by atoms with Crippen molar-refractivity contribution in [1.82, 2.24) is 4.90 Å². The normalized spacial score (nSPS) is 17.6. The largest absolute Gasteiger partial charge is 0.872 e. The van der Waals surface area contributed by atoms with E-state index < -0.39 is 23.5 Å². The smallest absolute Gasteiger partial charge is 0.295 e. The van der Waals surface area contributed by atoms with Crippen molar-refractivity contribution in [2.75, 3.05) is 33.8 Å². The first kappa shape index (κ1) is 28.5. The highest BCUT2D eigenvalue weighted by Crippen LogP contribution is 2.39. The number of rotatable bonds is 10. The molecule has 1 aliphatic heterocycles. The highest BCUT2D eigenvalue weighted by atomic mass is 16.5. The number of quaternary nitrogens is 1. The molecule has 0 radical (unpaired) electrons. The number of ether oxygens (including phenoxy) is 1. The number of nitrogens with one attached hydrogen (secondary N) is 1. The quantitative estimate of drug-likeness (QED) is 0.232. The van der Waals surface area contributed by atoms with Crippen molar-refractivity contribution in [2.24, 2.45) is 0 Å². The molecule has 1 saturated heterocycles. The van der Waals surface area contributed by atoms with E-state index in [0.29, 0.717) is 18.7 Å². The van der Waals surface area contributed by atoms with Gasteiger partial charge in [0.1, 0.15) is 5.75 Å². The molecule has 1 fully saturated rings. The molecule has 1 unspecified atom stereocenters. The maximum absolute atomic E-state index is 13.8. The second-order valence-corrected chi connectivity index (χ2v) is 11.3. The lowest BCUT2D eigenvalue weighted by molar-refractivity contribution is -0.858. The van der Waals surface area contributed by atoms with E-state index in [1.165, 1.54) is 4.90 Å². The number of likely N-dealkylation sites (tertiary alicyclic amines) is 1. The minimum absolute atomic E-state index is 0.0322. The van der Waals surface area contributed by atoms with Crippen LogP contribution in [0.2, 0.25) is 0 Å². The molecule has 0 aromatic heterocycles. The zero-order valence-electron chi connectivity index (χ0n) is 23.4. The third kappa shape index (κ3) is 6.61. The Hall–Kier alpha value is -3.12. The van der Waals surface area contributed by atoms with Crippen LogP contribution >= 0.6 is 0 Å². The van der Waals surface area contributed by atoms with E-state index in [1.807, 2.05) is 31.2 Å². The molecule has 2 aromatic rings. The number of hydrogen-bond acceptors (Lipinski definition) is 4. The SMILES string of the molecule is CCCCOc1ccc(/C([O-])=C2\C(=O)C(=O)N(CCC[NH+](C)C)C2c2ccc(C(C)(C)C)cc2)cc1C. The maximum Gasteiger partial charge on any atom is 0.295 e. The predicted octanol–water partition coefficient (Wildman–Crippen LogP) is 3.23. The Morgan fingerprint density at radius 1 is 1.05 bits per heavy atom. The van der Waals surface area contributed by atoms with Gasteiger partial charge in [-0.25, -0.2) is 0 Å². The standard InChI is InChI=1S/C31H42N2O4/c1-8-9-19-37-25-16-13-23(20-21(25)2)28(34)26-27(22-11-14-24(15-12-22)31(3,4)5)33(30(36)29(26)35)18-10-17-32(6)7/h11-16,20,27,34H,8-10,17-19H2,1-7H3/b28-26+. The fourth-order valence-electron chi connectivity index (χ4n) is 4.65. The van der Waals surface area contributed by atoms with Crippen molar-refractivity contribution in [1.29, 1.82) is 0 Å². The summed E-state index contributed by atoms with van der Waals surface area (Å²) in [6, 6.07) is 12.5. The second kappa shape index (κ2) is 12.0. The molecule has 0 bridgehead atoms. The third-order valence-corrected chi connectivity index (χ3v) is 6.89. The van der Waals surface area contributed by atoms with Gasteiger partial charge in [0.25, 0.3) is 5.91 Å². The van der Waals surface area contributed by atoms with E-state index in [-0.39, 0.29) is 11.0 Å². The van der Waals surface area contributed by atoms with Crippen molar-refractivity contribution in [3.63, 3.8) is 0 Å². The van der Waals surface area contributed by atoms with Gasteiger partial charge in [0.2, 0.25) is 5.78 Å². The van der Waals surface area contributed by atoms with E-state index in [1.54, 1.807) is 23.1 Å². The Kier molecular flexibility index (Phi) is 9.19. The topological polar surface area (TPSA) is 74.1 Å². The van der Waals surface area contributed by atoms with Crippen molar-refractivity contribution in [3.8, 4) is 5.75 Å². The first-order valence-corrected chi connectivity index (χ1v) is 13.4. The van der Waals surface area contributed by atoms with Gasteiger partial charge >= 0.3 is 0 Å². The Balaban J connectivity index is 2.05. The summed E-state index contributed by atoms with van der Waals surface area (Å²) in [4.78, 5) is 29.3. The molecule has 1 amide bonds. The Morgan fingerprint density at radius 3 is 2.30 bits per heavy atom. The van der Waals surface area contributed by atoms with Crippen LogP contribution in [0.3, 0.4) is 0 Å². The molecule has 1 heterocycles. The summed E-state index contributed by atoms with van der Waals surface area (Å²) in [6.45, 7) is 12.3. The van der Waals surface area contributed by atoms with Crippen LogP contribution in [0, 0.1) is 6.92 Å². The number of Topliss-reactive ketones (excluding diaryl/α,β-unsaturated/α-hetero) is 1. The van der Waals surface area contributed by atoms with E-state index in [9.17, 15) is 14.7 Å². The van der Waals surface area contributed by atoms with Gasteiger partial charge in [-0.2, -0.15) is 0 Å². The van der Waals surface area contributed by atoms with Crippen molar-refractivity contribution < 1.29 is 24.3 Å². The number of ketones is 1. The molecule has 0 saturated carbocycles. The Morgan fingerprint density at radius 2 is 1.73 bits per heavy atom. The molecule has 2 aromatic carbocycles. The van der Waals surface area contributed by atoms with Gasteiger partial charge in [0.05, 0.1) is 33.3 Å². The highest BCUT2D eigenvalue weighted by molar-refractivity contribution is 6.46. The molecule has 200 valence electrons. The summed E-state index contributed by atoms with van der Waals surface area (Å²) in [7, 11) is 4.11. The summed E-state index contributed by atoms with van der Waals surface area (Å²) in [5.74, 6) is -0.968. The fourth-order valence-corrected chi connectivity index (χ4v) is 4.65. The number of aryl methyl sites for hydroxylation is 1. The van der Waals surface area contributed by atoms with Crippen LogP contribution in [0.4, 0.5) is 0 Å². The predicted molar refractivity (Wildman–Crippen MR) is 145 cm³/mol. The minimum atomic E-state index is -0.701. The van der Waals surface area contributed by atoms with Gasteiger partial charge in [-0.1, -0.05) is 70.2 Å². The number of amides is 1. The number of nitrogens with zero attached hydrogens (tertiary/aromatic N) is 1. The van der Waals surface area contributed by atoms with Crippen LogP contribution in [0.25, 0.3) is 5.76 Å². The number of carbonyl (C=O) groups excluding carboxylic acids is 2. The Labute approximate surface area is 221 Å². The van der Waals surface area contributed by atoms with Crippen molar-refractivity contribution >= 4 is 17.4 Å². The maximum atomic E-state index is 13.8. The zero-order valence-corrected chi connectivity index (χ0v) is 23.4. The molecule has 3 rings (SSSR count). The number of carbonyl (C=O) groups is 2. The summed E-state index contributed by atoms with van der Waals surface area (Å²) < 4.78 is 5.84. The lowest BCUT2D eigenvalue weighted by atomic mass is 9.85. The van der Waals surface area contributed by atoms with Crippen LogP contribution in [-0.2, 0) is 15.0 Å². The molecule has 1 atom stereocenters. The van der Waals surface area contributed by atoms with Crippen LogP contribution in [0.5, 0.6) is 5.75 Å². The molecular formula is C31H42N2O4. The molecule has 0 aliphatic carbocycles. The number of unbranched alkanes of at least 4 members (excludes halogenated alkanes) is 1. The molecular weight excluding hydrogens is 464 g/mol. The summed E-state index contributed by atoms with van der Waals surface area (Å²) in [6.07, 6.45) is 2.73.